The molecule has 1 aromatic carbocycles. The molecule has 0 saturated heterocycles. The first kappa shape index (κ1) is 10.9. The molecule has 0 spiro atoms. The van der Waals surface area contributed by atoms with Gasteiger partial charge in [-0.1, -0.05) is 24.3 Å². The molecule has 2 aromatic rings. The third-order valence-corrected chi connectivity index (χ3v) is 3.30. The highest BCUT2D eigenvalue weighted by atomic mass is 16.1. The average Bonchev–Trinajstić information content (AvgIpc) is 2.45. The van der Waals surface area contributed by atoms with Gasteiger partial charge in [-0.3, -0.25) is 4.79 Å². The van der Waals surface area contributed by atoms with Crippen LogP contribution in [0.1, 0.15) is 21.6 Å². The molecule has 0 atom stereocenters. The highest BCUT2D eigenvalue weighted by molar-refractivity contribution is 5.95. The van der Waals surface area contributed by atoms with Gasteiger partial charge < -0.3 is 5.32 Å². The molecule has 1 aliphatic rings. The van der Waals surface area contributed by atoms with E-state index in [9.17, 15) is 4.79 Å². The summed E-state index contributed by atoms with van der Waals surface area (Å²) in [4.78, 5) is 20.3. The Kier molecular flexibility index (Phi) is 2.55. The van der Waals surface area contributed by atoms with Crippen LogP contribution in [0.3, 0.4) is 0 Å². The summed E-state index contributed by atoms with van der Waals surface area (Å²) in [7, 11) is 1.62. The number of hydrogen-bond acceptors (Lipinski definition) is 3. The van der Waals surface area contributed by atoms with E-state index >= 15 is 0 Å². The summed E-state index contributed by atoms with van der Waals surface area (Å²) < 4.78 is 0. The fraction of sp³-hybridized carbons (Fsp3) is 0.214. The van der Waals surface area contributed by atoms with E-state index < -0.39 is 0 Å². The largest absolute Gasteiger partial charge is 0.354 e. The van der Waals surface area contributed by atoms with Crippen molar-refractivity contribution in [3.05, 3.63) is 47.4 Å². The molecule has 1 heterocycles. The molecule has 0 radical (unpaired) electrons. The zero-order valence-corrected chi connectivity index (χ0v) is 10.1. The van der Waals surface area contributed by atoms with Gasteiger partial charge >= 0.3 is 0 Å². The summed E-state index contributed by atoms with van der Waals surface area (Å²) in [5.74, 6) is -0.145. The second-order valence-electron chi connectivity index (χ2n) is 4.29. The molecule has 0 bridgehead atoms. The second-order valence-corrected chi connectivity index (χ2v) is 4.29. The summed E-state index contributed by atoms with van der Waals surface area (Å²) in [6.45, 7) is 0. The first-order chi connectivity index (χ1) is 8.81. The van der Waals surface area contributed by atoms with E-state index in [2.05, 4.69) is 21.4 Å². The topological polar surface area (TPSA) is 54.9 Å². The van der Waals surface area contributed by atoms with Crippen molar-refractivity contribution in [1.29, 1.82) is 0 Å². The van der Waals surface area contributed by atoms with Crippen LogP contribution in [0.5, 0.6) is 0 Å². The standard InChI is InChI=1S/C14H13N3O/c1-15-14(18)13-11-7-6-9-4-2-3-5-10(9)12(11)16-8-17-13/h2-5,8H,6-7H2,1H3,(H,15,18). The smallest absolute Gasteiger partial charge is 0.270 e. The summed E-state index contributed by atoms with van der Waals surface area (Å²) in [5.41, 5.74) is 4.75. The molecule has 4 heteroatoms. The van der Waals surface area contributed by atoms with Crippen molar-refractivity contribution >= 4 is 5.91 Å². The van der Waals surface area contributed by atoms with Crippen molar-refractivity contribution in [3.8, 4) is 11.3 Å². The van der Waals surface area contributed by atoms with E-state index in [4.69, 9.17) is 0 Å². The number of rotatable bonds is 1. The number of amides is 1. The zero-order chi connectivity index (χ0) is 12.5. The van der Waals surface area contributed by atoms with Crippen LogP contribution in [0, 0.1) is 0 Å². The molecule has 4 nitrogen and oxygen atoms in total. The summed E-state index contributed by atoms with van der Waals surface area (Å²) in [6, 6.07) is 8.19. The van der Waals surface area contributed by atoms with E-state index in [0.29, 0.717) is 5.69 Å². The van der Waals surface area contributed by atoms with Crippen LogP contribution in [0.4, 0.5) is 0 Å². The first-order valence-corrected chi connectivity index (χ1v) is 5.95. The van der Waals surface area contributed by atoms with Crippen LogP contribution in [-0.4, -0.2) is 22.9 Å². The average molecular weight is 239 g/mol. The molecule has 1 amide bonds. The third-order valence-electron chi connectivity index (χ3n) is 3.30. The Labute approximate surface area is 105 Å². The van der Waals surface area contributed by atoms with Gasteiger partial charge in [0.1, 0.15) is 12.0 Å². The number of aromatic nitrogens is 2. The van der Waals surface area contributed by atoms with Crippen molar-refractivity contribution < 1.29 is 4.79 Å². The van der Waals surface area contributed by atoms with Gasteiger partial charge in [-0.2, -0.15) is 0 Å². The fourth-order valence-corrected chi connectivity index (χ4v) is 2.42. The van der Waals surface area contributed by atoms with Gasteiger partial charge in [0.15, 0.2) is 0 Å². The Morgan fingerprint density at radius 3 is 2.89 bits per heavy atom. The monoisotopic (exact) mass is 239 g/mol. The Morgan fingerprint density at radius 2 is 2.06 bits per heavy atom. The van der Waals surface area contributed by atoms with E-state index in [-0.39, 0.29) is 5.91 Å². The van der Waals surface area contributed by atoms with Gasteiger partial charge in [-0.05, 0) is 18.4 Å². The summed E-state index contributed by atoms with van der Waals surface area (Å²) >= 11 is 0. The van der Waals surface area contributed by atoms with Crippen molar-refractivity contribution in [1.82, 2.24) is 15.3 Å². The molecule has 0 fully saturated rings. The Balaban J connectivity index is 2.21. The number of carbonyl (C=O) groups is 1. The molecule has 0 saturated carbocycles. The lowest BCUT2D eigenvalue weighted by molar-refractivity contribution is 0.0957. The number of nitrogens with zero attached hydrogens (tertiary/aromatic N) is 2. The van der Waals surface area contributed by atoms with Crippen molar-refractivity contribution in [2.24, 2.45) is 0 Å². The quantitative estimate of drug-likeness (QED) is 0.822. The molecule has 0 aliphatic heterocycles. The number of nitrogens with one attached hydrogen (secondary N) is 1. The van der Waals surface area contributed by atoms with Crippen molar-refractivity contribution in [2.45, 2.75) is 12.8 Å². The van der Waals surface area contributed by atoms with Gasteiger partial charge in [-0.15, -0.1) is 0 Å². The molecule has 1 N–H and O–H groups in total. The minimum atomic E-state index is -0.145. The van der Waals surface area contributed by atoms with Crippen LogP contribution in [0.25, 0.3) is 11.3 Å². The molecule has 3 rings (SSSR count). The lowest BCUT2D eigenvalue weighted by atomic mass is 9.88. The SMILES string of the molecule is CNC(=O)c1ncnc2c1CCc1ccccc1-2. The maximum absolute atomic E-state index is 11.8. The normalized spacial score (nSPS) is 12.5. The van der Waals surface area contributed by atoms with E-state index in [0.717, 1.165) is 29.7 Å². The molecule has 90 valence electrons. The predicted octanol–water partition coefficient (Wildman–Crippen LogP) is 1.60. The molecule has 1 aliphatic carbocycles. The van der Waals surface area contributed by atoms with Gasteiger partial charge in [-0.25, -0.2) is 9.97 Å². The predicted molar refractivity (Wildman–Crippen MR) is 68.3 cm³/mol. The maximum atomic E-state index is 11.8. The first-order valence-electron chi connectivity index (χ1n) is 5.95. The maximum Gasteiger partial charge on any atom is 0.270 e. The van der Waals surface area contributed by atoms with Gasteiger partial charge in [0.2, 0.25) is 0 Å². The van der Waals surface area contributed by atoms with Crippen LogP contribution in [0.2, 0.25) is 0 Å². The fourth-order valence-electron chi connectivity index (χ4n) is 2.42. The minimum absolute atomic E-state index is 0.145. The van der Waals surface area contributed by atoms with Crippen LogP contribution >= 0.6 is 0 Å². The Hall–Kier alpha value is -2.23. The number of fused-ring (bicyclic) bond motifs is 3. The van der Waals surface area contributed by atoms with Crippen molar-refractivity contribution in [3.63, 3.8) is 0 Å². The summed E-state index contributed by atoms with van der Waals surface area (Å²) in [5, 5.41) is 2.63. The zero-order valence-electron chi connectivity index (χ0n) is 10.1. The van der Waals surface area contributed by atoms with Gasteiger partial charge in [0, 0.05) is 18.2 Å². The van der Waals surface area contributed by atoms with Gasteiger partial charge in [0.05, 0.1) is 5.69 Å². The van der Waals surface area contributed by atoms with E-state index in [1.165, 1.54) is 11.9 Å². The molecular formula is C14H13N3O. The van der Waals surface area contributed by atoms with Gasteiger partial charge in [0.25, 0.3) is 5.91 Å². The number of aryl methyl sites for hydroxylation is 1. The third kappa shape index (κ3) is 1.57. The molecule has 1 aromatic heterocycles. The van der Waals surface area contributed by atoms with E-state index in [1.54, 1.807) is 7.05 Å². The van der Waals surface area contributed by atoms with Crippen LogP contribution < -0.4 is 5.32 Å². The van der Waals surface area contributed by atoms with Crippen LogP contribution in [-0.2, 0) is 12.8 Å². The number of hydrogen-bond donors (Lipinski definition) is 1. The number of benzene rings is 1. The highest BCUT2D eigenvalue weighted by Gasteiger charge is 2.22. The number of carbonyl (C=O) groups excluding carboxylic acids is 1. The second kappa shape index (κ2) is 4.22. The van der Waals surface area contributed by atoms with Crippen LogP contribution in [0.15, 0.2) is 30.6 Å². The van der Waals surface area contributed by atoms with Crippen molar-refractivity contribution in [2.75, 3.05) is 7.05 Å². The highest BCUT2D eigenvalue weighted by Crippen LogP contribution is 2.32. The Morgan fingerprint density at radius 1 is 1.22 bits per heavy atom. The molecule has 0 unspecified atom stereocenters. The Bertz CT molecular complexity index is 622. The minimum Gasteiger partial charge on any atom is -0.354 e. The molecule has 18 heavy (non-hydrogen) atoms. The molecular weight excluding hydrogens is 226 g/mol. The lowest BCUT2D eigenvalue weighted by Gasteiger charge is -2.19. The summed E-state index contributed by atoms with van der Waals surface area (Å²) in [6.07, 6.45) is 3.21. The lowest BCUT2D eigenvalue weighted by Crippen LogP contribution is -2.23. The van der Waals surface area contributed by atoms with E-state index in [1.807, 2.05) is 18.2 Å².